The van der Waals surface area contributed by atoms with Gasteiger partial charge in [0.25, 0.3) is 0 Å². The molecule has 0 radical (unpaired) electrons. The first-order chi connectivity index (χ1) is 32.9. The molecule has 0 spiro atoms. The molecule has 6 heteroatoms. The van der Waals surface area contributed by atoms with Crippen molar-refractivity contribution in [2.24, 2.45) is 98.6 Å². The molecule has 3 nitrogen and oxygen atoms in total. The third-order valence-electron chi connectivity index (χ3n) is 24.6. The fourth-order valence-electron chi connectivity index (χ4n) is 20.5. The van der Waals surface area contributed by atoms with Crippen molar-refractivity contribution >= 4 is 26.9 Å². The average Bonchev–Trinajstić information content (AvgIpc) is 3.87. The number of alkyl halides is 1. The Morgan fingerprint density at radius 3 is 1.97 bits per heavy atom. The summed E-state index contributed by atoms with van der Waals surface area (Å²) >= 11 is 3.06. The first-order valence-corrected chi connectivity index (χ1v) is 41.5. The second-order valence-electron chi connectivity index (χ2n) is 28.7. The van der Waals surface area contributed by atoms with Gasteiger partial charge in [0, 0.05) is 7.11 Å². The monoisotopic (exact) mass is 1200 g/mol. The molecule has 0 saturated heterocycles. The molecule has 8 aliphatic carbocycles. The minimum Gasteiger partial charge on any atom is -0.0625 e. The second-order valence-corrected chi connectivity index (χ2v) is 38.4. The number of methoxy groups -OCH3 is 1. The van der Waals surface area contributed by atoms with E-state index in [1.54, 1.807) is 0 Å². The fraction of sp³-hybridized carbons (Fsp3) is 0.968. The van der Waals surface area contributed by atoms with E-state index in [1.807, 2.05) is 12.7 Å². The average molecular weight is 1200 g/mol. The Kier molecular flexibility index (Phi) is 19.6. The number of hydrogen-bond donors (Lipinski definition) is 0. The van der Waals surface area contributed by atoms with Gasteiger partial charge in [0.2, 0.25) is 0 Å². The van der Waals surface area contributed by atoms with Crippen LogP contribution in [0.2, 0.25) is 19.1 Å². The number of rotatable bonds is 23. The number of unbranched alkanes of at least 4 members (excludes halogenated alkanes) is 3. The summed E-state index contributed by atoms with van der Waals surface area (Å²) in [5.74, 6) is 11.6. The number of allylic oxidation sites excluding steroid dienone is 1. The summed E-state index contributed by atoms with van der Waals surface area (Å²) in [5, 5.41) is 0. The van der Waals surface area contributed by atoms with Crippen LogP contribution in [0.15, 0.2) is 11.6 Å². The summed E-state index contributed by atoms with van der Waals surface area (Å²) < 4.78 is 22.0. The van der Waals surface area contributed by atoms with Gasteiger partial charge in [-0.2, -0.15) is 0 Å². The normalized spacial score (nSPS) is 42.6. The van der Waals surface area contributed by atoms with Crippen molar-refractivity contribution in [3.63, 3.8) is 0 Å². The van der Waals surface area contributed by atoms with Gasteiger partial charge in [0.05, 0.1) is 6.10 Å². The van der Waals surface area contributed by atoms with Gasteiger partial charge in [-0.05, 0) is 214 Å². The van der Waals surface area contributed by atoms with Crippen molar-refractivity contribution in [1.82, 2.24) is 0 Å². The van der Waals surface area contributed by atoms with Crippen molar-refractivity contribution in [2.75, 3.05) is 18.1 Å². The summed E-state index contributed by atoms with van der Waals surface area (Å²) in [6.07, 6.45) is 40.3. The van der Waals surface area contributed by atoms with Crippen LogP contribution in [0, 0.1) is 98.6 Å². The molecule has 0 amide bonds. The quantitative estimate of drug-likeness (QED) is 0.0336. The van der Waals surface area contributed by atoms with E-state index >= 15 is 0 Å². The van der Waals surface area contributed by atoms with Crippen LogP contribution in [0.4, 0.5) is 0 Å². The van der Waals surface area contributed by atoms with E-state index in [2.05, 4.69) is 100 Å². The summed E-state index contributed by atoms with van der Waals surface area (Å²) in [7, 11) is 0.0753. The van der Waals surface area contributed by atoms with E-state index in [4.69, 9.17) is 13.9 Å². The molecule has 0 N–H and O–H groups in total. The SMILES string of the molecule is CCC(CCC(C)C1CCC2C3CC=C4CC(OC(CC[C@H](C)C5CCC6C7CCC8C[C@@H](OC)CCC8(C)C7CC[C@]65C)C[Si-](C)(C)OCCCCCC[I-]I)CCC4(C)C3CCC12C)C(C)C. The Hall–Kier alpha value is 1.30. The molecule has 16 unspecified atom stereocenters. The smallest absolute Gasteiger partial charge is 0.00834 e. The molecule has 0 bridgehead atoms. The first-order valence-electron chi connectivity index (χ1n) is 30.6. The summed E-state index contributed by atoms with van der Waals surface area (Å²) in [6.45, 7) is 29.8. The van der Waals surface area contributed by atoms with Crippen LogP contribution in [0.5, 0.6) is 0 Å². The number of ether oxygens (including phenoxy) is 2. The minimum absolute atomic E-state index is 0.340. The Morgan fingerprint density at radius 1 is 0.681 bits per heavy atom. The maximum atomic E-state index is 7.62. The molecule has 8 aliphatic rings. The van der Waals surface area contributed by atoms with Gasteiger partial charge in [-0.3, -0.25) is 0 Å². The topological polar surface area (TPSA) is 27.7 Å². The van der Waals surface area contributed by atoms with Gasteiger partial charge in [0.15, 0.2) is 0 Å². The first kappa shape index (κ1) is 56.5. The zero-order valence-electron chi connectivity index (χ0n) is 47.3. The molecule has 19 atom stereocenters. The van der Waals surface area contributed by atoms with Crippen LogP contribution < -0.4 is 17.2 Å². The number of halogens is 2. The van der Waals surface area contributed by atoms with E-state index in [0.29, 0.717) is 57.2 Å². The van der Waals surface area contributed by atoms with Gasteiger partial charge in [-0.1, -0.05) is 86.8 Å². The summed E-state index contributed by atoms with van der Waals surface area (Å²) in [6, 6.07) is 1.17. The number of fused-ring (bicyclic) bond motifs is 10. The number of hydrogen-bond acceptors (Lipinski definition) is 3. The summed E-state index contributed by atoms with van der Waals surface area (Å²) in [4.78, 5) is 0. The van der Waals surface area contributed by atoms with Gasteiger partial charge in [-0.25, -0.2) is 0 Å². The molecule has 7 saturated carbocycles. The molecule has 0 aromatic heterocycles. The molecule has 0 aliphatic heterocycles. The predicted octanol–water partition coefficient (Wildman–Crippen LogP) is 15.7. The molecular weight excluding hydrogens is 1090 g/mol. The Bertz CT molecular complexity index is 1670. The van der Waals surface area contributed by atoms with Gasteiger partial charge in [-0.15, -0.1) is 0 Å². The van der Waals surface area contributed by atoms with E-state index in [9.17, 15) is 0 Å². The van der Waals surface area contributed by atoms with E-state index in [-0.39, 0.29) is 0 Å². The Labute approximate surface area is 449 Å². The molecule has 0 aromatic rings. The Balaban J connectivity index is 0.905. The van der Waals surface area contributed by atoms with Crippen LogP contribution in [-0.2, 0) is 13.9 Å². The maximum absolute atomic E-state index is 7.62. The molecule has 401 valence electrons. The van der Waals surface area contributed by atoms with Crippen molar-refractivity contribution in [2.45, 2.75) is 267 Å². The van der Waals surface area contributed by atoms with Crippen molar-refractivity contribution in [3.8, 4) is 0 Å². The molecule has 7 fully saturated rings. The standard InChI is InChI=1S/C63H111I2O3Si/c1-13-46(43(2)3)20-18-44(4)54-26-28-56-53-25-22-48-41-50(31-35-61(48,7)59(53)33-36-62(54,56)8)68-51(42-69(11,12)67-39-17-15-14-16-38-65-64)23-19-45(5)55-27-29-57-52-24-21-47-40-49(66-10)30-34-60(47,6)58(52)32-37-63(55,57)9/h22,43-47,49-59H,13-21,23-42H2,1-12H3/q-2/t44?,45-,46?,47?,49-,50?,51?,52?,53?,54?,55?,56?,57?,58?,59?,60?,61?,62?,63-/m0/s1. The van der Waals surface area contributed by atoms with Crippen LogP contribution in [0.25, 0.3) is 0 Å². The molecule has 69 heavy (non-hydrogen) atoms. The van der Waals surface area contributed by atoms with Crippen molar-refractivity contribution < 1.29 is 31.1 Å². The summed E-state index contributed by atoms with van der Waals surface area (Å²) in [5.41, 5.74) is 3.82. The fourth-order valence-corrected chi connectivity index (χ4v) is 25.5. The Morgan fingerprint density at radius 2 is 1.30 bits per heavy atom. The minimum atomic E-state index is -1.89. The second kappa shape index (κ2) is 23.9. The maximum Gasteiger partial charge on any atom is -0.00834 e. The third-order valence-corrected chi connectivity index (χ3v) is 31.0. The predicted molar refractivity (Wildman–Crippen MR) is 301 cm³/mol. The van der Waals surface area contributed by atoms with E-state index in [0.717, 1.165) is 83.5 Å². The van der Waals surface area contributed by atoms with Crippen LogP contribution >= 0.6 is 18.6 Å². The zero-order valence-corrected chi connectivity index (χ0v) is 52.6. The van der Waals surface area contributed by atoms with Gasteiger partial charge < -0.3 is 4.74 Å². The van der Waals surface area contributed by atoms with Crippen LogP contribution in [0.1, 0.15) is 229 Å². The van der Waals surface area contributed by atoms with Crippen molar-refractivity contribution in [1.29, 1.82) is 0 Å². The van der Waals surface area contributed by atoms with Crippen molar-refractivity contribution in [3.05, 3.63) is 11.6 Å². The zero-order chi connectivity index (χ0) is 49.4. The van der Waals surface area contributed by atoms with E-state index in [1.165, 1.54) is 177 Å². The van der Waals surface area contributed by atoms with Crippen LogP contribution in [-0.4, -0.2) is 44.8 Å². The van der Waals surface area contributed by atoms with Gasteiger partial charge >= 0.3 is 134 Å². The van der Waals surface area contributed by atoms with Crippen LogP contribution in [0.3, 0.4) is 0 Å². The largest absolute Gasteiger partial charge is 0.0625 e. The third kappa shape index (κ3) is 11.9. The molecule has 0 heterocycles. The van der Waals surface area contributed by atoms with E-state index < -0.39 is 8.32 Å². The molecular formula is C63H111I2O3Si-2. The molecule has 8 rings (SSSR count). The van der Waals surface area contributed by atoms with Gasteiger partial charge in [0.1, 0.15) is 0 Å². The molecule has 0 aromatic carbocycles.